The van der Waals surface area contributed by atoms with Gasteiger partial charge < -0.3 is 28.4 Å². The monoisotopic (exact) mass is 682 g/mol. The van der Waals surface area contributed by atoms with Gasteiger partial charge in [0.05, 0.1) is 31.3 Å². The predicted molar refractivity (Wildman–Crippen MR) is 182 cm³/mol. The Bertz CT molecular complexity index is 1630. The maximum absolute atomic E-state index is 12.4. The molecule has 1 aliphatic rings. The van der Waals surface area contributed by atoms with Gasteiger partial charge in [0.2, 0.25) is 6.79 Å². The molecule has 11 heteroatoms. The van der Waals surface area contributed by atoms with E-state index >= 15 is 0 Å². The van der Waals surface area contributed by atoms with Crippen LogP contribution in [-0.4, -0.2) is 59.8 Å². The molecule has 0 unspecified atom stereocenters. The maximum Gasteiger partial charge on any atom is 0.306 e. The van der Waals surface area contributed by atoms with E-state index in [9.17, 15) is 18.0 Å². The highest BCUT2D eigenvalue weighted by molar-refractivity contribution is 7.90. The highest BCUT2D eigenvalue weighted by Crippen LogP contribution is 2.37. The molecule has 3 aromatic carbocycles. The van der Waals surface area contributed by atoms with Crippen molar-refractivity contribution in [1.82, 2.24) is 0 Å². The van der Waals surface area contributed by atoms with Gasteiger partial charge in [-0.2, -0.15) is 0 Å². The summed E-state index contributed by atoms with van der Waals surface area (Å²) in [6.07, 6.45) is 7.27. The predicted octanol–water partition coefficient (Wildman–Crippen LogP) is 6.89. The van der Waals surface area contributed by atoms with Crippen LogP contribution in [0.25, 0.3) is 11.1 Å². The Morgan fingerprint density at radius 2 is 1.46 bits per heavy atom. The molecule has 4 rings (SSSR count). The molecular weight excluding hydrogens is 636 g/mol. The number of unbranched alkanes of at least 4 members (excludes halogenated alkanes) is 3. The number of carbonyl (C=O) groups excluding carboxylic acids is 2. The van der Waals surface area contributed by atoms with Crippen molar-refractivity contribution in [2.45, 2.75) is 76.5 Å². The second kappa shape index (κ2) is 18.3. The quantitative estimate of drug-likeness (QED) is 0.0920. The Kier molecular flexibility index (Phi) is 14.0. The van der Waals surface area contributed by atoms with Crippen LogP contribution in [-0.2, 0) is 41.7 Å². The van der Waals surface area contributed by atoms with Crippen LogP contribution in [0.1, 0.15) is 69.9 Å². The number of fused-ring (bicyclic) bond motifs is 1. The molecule has 1 aliphatic heterocycles. The van der Waals surface area contributed by atoms with Crippen LogP contribution < -0.4 is 18.9 Å². The third-order valence-electron chi connectivity index (χ3n) is 7.83. The van der Waals surface area contributed by atoms with E-state index in [1.807, 2.05) is 36.4 Å². The smallest absolute Gasteiger partial charge is 0.306 e. The highest BCUT2D eigenvalue weighted by atomic mass is 32.2. The van der Waals surface area contributed by atoms with Gasteiger partial charge in [0.15, 0.2) is 21.3 Å². The van der Waals surface area contributed by atoms with E-state index in [0.29, 0.717) is 62.9 Å². The number of aryl methyl sites for hydroxylation is 1. The first kappa shape index (κ1) is 36.6. The normalized spacial score (nSPS) is 12.1. The summed E-state index contributed by atoms with van der Waals surface area (Å²) in [5, 5.41) is 0. The number of hydrogen-bond acceptors (Lipinski definition) is 10. The molecule has 48 heavy (non-hydrogen) atoms. The lowest BCUT2D eigenvalue weighted by molar-refractivity contribution is -0.144. The van der Waals surface area contributed by atoms with Crippen molar-refractivity contribution < 1.29 is 46.4 Å². The average molecular weight is 683 g/mol. The molecule has 0 bridgehead atoms. The second-order valence-electron chi connectivity index (χ2n) is 11.5. The molecule has 10 nitrogen and oxygen atoms in total. The van der Waals surface area contributed by atoms with E-state index in [1.54, 1.807) is 26.0 Å². The number of sulfone groups is 1. The summed E-state index contributed by atoms with van der Waals surface area (Å²) in [5.41, 5.74) is 3.65. The van der Waals surface area contributed by atoms with Crippen LogP contribution in [0.4, 0.5) is 0 Å². The minimum atomic E-state index is -3.46. The number of carbonyl (C=O) groups is 2. The lowest BCUT2D eigenvalue weighted by Gasteiger charge is -2.16. The highest BCUT2D eigenvalue weighted by Gasteiger charge is 2.17. The summed E-state index contributed by atoms with van der Waals surface area (Å²) in [5.74, 6) is 2.02. The summed E-state index contributed by atoms with van der Waals surface area (Å²) < 4.78 is 58.0. The van der Waals surface area contributed by atoms with E-state index in [1.165, 1.54) is 6.26 Å². The van der Waals surface area contributed by atoms with Crippen LogP contribution in [0, 0.1) is 0 Å². The van der Waals surface area contributed by atoms with Crippen LogP contribution in [0.15, 0.2) is 59.5 Å². The molecular formula is C37H46O10S. The summed E-state index contributed by atoms with van der Waals surface area (Å²) >= 11 is 0. The first-order valence-electron chi connectivity index (χ1n) is 16.6. The van der Waals surface area contributed by atoms with Gasteiger partial charge in [0.25, 0.3) is 0 Å². The Morgan fingerprint density at radius 1 is 0.729 bits per heavy atom. The number of esters is 2. The fourth-order valence-electron chi connectivity index (χ4n) is 5.43. The van der Waals surface area contributed by atoms with Crippen LogP contribution in [0.2, 0.25) is 0 Å². The third kappa shape index (κ3) is 11.2. The van der Waals surface area contributed by atoms with Crippen molar-refractivity contribution >= 4 is 21.8 Å². The summed E-state index contributed by atoms with van der Waals surface area (Å²) in [4.78, 5) is 24.0. The summed E-state index contributed by atoms with van der Waals surface area (Å²) in [6, 6.07) is 16.5. The standard InChI is InChI=1S/C37H46O10S/c1-4-42-36(38)15-11-21-45-33-14-10-13-27(32(33)17-19-37(39)43-5-2)12-8-6-7-9-20-44-30-22-29(23-31(25-30)48(3,40)41)28-16-18-34-35(24-28)47-26-46-34/h10,13-14,16,18,22-25H,4-9,11-12,15,17,19-21,26H2,1-3H3. The largest absolute Gasteiger partial charge is 0.494 e. The Morgan fingerprint density at radius 3 is 2.23 bits per heavy atom. The molecule has 0 fully saturated rings. The van der Waals surface area contributed by atoms with Crippen molar-refractivity contribution in [3.63, 3.8) is 0 Å². The molecule has 0 amide bonds. The molecule has 0 saturated heterocycles. The lowest BCUT2D eigenvalue weighted by atomic mass is 9.96. The van der Waals surface area contributed by atoms with Gasteiger partial charge in [-0.3, -0.25) is 9.59 Å². The lowest BCUT2D eigenvalue weighted by Crippen LogP contribution is -2.10. The number of rotatable bonds is 20. The molecule has 0 aliphatic carbocycles. The van der Waals surface area contributed by atoms with E-state index in [0.717, 1.165) is 60.1 Å². The Balaban J connectivity index is 1.30. The van der Waals surface area contributed by atoms with Gasteiger partial charge >= 0.3 is 11.9 Å². The van der Waals surface area contributed by atoms with Gasteiger partial charge in [-0.05, 0) is 105 Å². The number of benzene rings is 3. The molecule has 3 aromatic rings. The zero-order valence-electron chi connectivity index (χ0n) is 28.1. The maximum atomic E-state index is 12.4. The zero-order chi connectivity index (χ0) is 34.4. The van der Waals surface area contributed by atoms with Gasteiger partial charge in [-0.25, -0.2) is 8.42 Å². The Labute approximate surface area is 283 Å². The van der Waals surface area contributed by atoms with Crippen molar-refractivity contribution in [2.24, 2.45) is 0 Å². The van der Waals surface area contributed by atoms with Crippen molar-refractivity contribution in [3.05, 3.63) is 65.7 Å². The molecule has 0 aromatic heterocycles. The van der Waals surface area contributed by atoms with E-state index in [2.05, 4.69) is 6.07 Å². The molecule has 0 saturated carbocycles. The van der Waals surface area contributed by atoms with Gasteiger partial charge in [-0.1, -0.05) is 31.0 Å². The summed E-state index contributed by atoms with van der Waals surface area (Å²) in [6.45, 7) is 5.26. The van der Waals surface area contributed by atoms with E-state index in [4.69, 9.17) is 28.4 Å². The first-order chi connectivity index (χ1) is 23.2. The van der Waals surface area contributed by atoms with E-state index < -0.39 is 9.84 Å². The zero-order valence-corrected chi connectivity index (χ0v) is 28.9. The van der Waals surface area contributed by atoms with Gasteiger partial charge in [-0.15, -0.1) is 0 Å². The fourth-order valence-corrected chi connectivity index (χ4v) is 6.10. The molecule has 0 radical (unpaired) electrons. The third-order valence-corrected chi connectivity index (χ3v) is 8.92. The molecule has 0 spiro atoms. The molecule has 0 atom stereocenters. The van der Waals surface area contributed by atoms with Gasteiger partial charge in [0, 0.05) is 19.1 Å². The number of hydrogen-bond donors (Lipinski definition) is 0. The molecule has 1 heterocycles. The average Bonchev–Trinajstić information content (AvgIpc) is 3.54. The second-order valence-corrected chi connectivity index (χ2v) is 13.5. The summed E-state index contributed by atoms with van der Waals surface area (Å²) in [7, 11) is -3.46. The number of ether oxygens (including phenoxy) is 6. The van der Waals surface area contributed by atoms with Gasteiger partial charge in [0.1, 0.15) is 11.5 Å². The van der Waals surface area contributed by atoms with Crippen molar-refractivity contribution in [2.75, 3.05) is 39.5 Å². The molecule has 0 N–H and O–H groups in total. The first-order valence-corrected chi connectivity index (χ1v) is 18.5. The van der Waals surface area contributed by atoms with Crippen molar-refractivity contribution in [1.29, 1.82) is 0 Å². The minimum absolute atomic E-state index is 0.161. The van der Waals surface area contributed by atoms with Crippen LogP contribution >= 0.6 is 0 Å². The minimum Gasteiger partial charge on any atom is -0.494 e. The Hall–Kier alpha value is -4.25. The van der Waals surface area contributed by atoms with E-state index in [-0.39, 0.29) is 30.0 Å². The SMILES string of the molecule is CCOC(=O)CCCOc1cccc(CCCCCCOc2cc(-c3ccc4c(c3)OCO4)cc(S(C)(=O)=O)c2)c1CCC(=O)OCC. The van der Waals surface area contributed by atoms with Crippen LogP contribution in [0.3, 0.4) is 0 Å². The topological polar surface area (TPSA) is 124 Å². The fraction of sp³-hybridized carbons (Fsp3) is 0.459. The van der Waals surface area contributed by atoms with Crippen LogP contribution in [0.5, 0.6) is 23.0 Å². The molecule has 260 valence electrons. The van der Waals surface area contributed by atoms with Crippen molar-refractivity contribution in [3.8, 4) is 34.1 Å².